The molecule has 0 aliphatic rings. The topological polar surface area (TPSA) is 55.4 Å². The number of hydrogen-bond acceptors (Lipinski definition) is 3. The molecule has 0 bridgehead atoms. The van der Waals surface area contributed by atoms with Crippen molar-refractivity contribution in [3.8, 4) is 0 Å². The summed E-state index contributed by atoms with van der Waals surface area (Å²) >= 11 is 3.17. The third-order valence-electron chi connectivity index (χ3n) is 2.84. The zero-order valence-electron chi connectivity index (χ0n) is 11.1. The fourth-order valence-corrected chi connectivity index (χ4v) is 2.13. The molecule has 5 heteroatoms. The number of methoxy groups -OCH3 is 1. The molecule has 0 saturated heterocycles. The third-order valence-corrected chi connectivity index (χ3v) is 3.54. The highest BCUT2D eigenvalue weighted by molar-refractivity contribution is 9.10. The van der Waals surface area contributed by atoms with Gasteiger partial charge in [-0.2, -0.15) is 0 Å². The van der Waals surface area contributed by atoms with Crippen molar-refractivity contribution in [3.63, 3.8) is 0 Å². The van der Waals surface area contributed by atoms with Crippen LogP contribution in [-0.4, -0.2) is 30.4 Å². The molecule has 0 saturated carbocycles. The van der Waals surface area contributed by atoms with Gasteiger partial charge in [0.15, 0.2) is 0 Å². The van der Waals surface area contributed by atoms with Crippen molar-refractivity contribution < 1.29 is 14.3 Å². The molecule has 4 nitrogen and oxygen atoms in total. The first-order valence-corrected chi connectivity index (χ1v) is 7.06. The number of hydrogen-bond donors (Lipinski definition) is 1. The largest absolute Gasteiger partial charge is 0.468 e. The Hall–Kier alpha value is -1.36. The van der Waals surface area contributed by atoms with Gasteiger partial charge in [-0.3, -0.25) is 9.59 Å². The first kappa shape index (κ1) is 15.7. The van der Waals surface area contributed by atoms with E-state index in [0.29, 0.717) is 6.42 Å². The van der Waals surface area contributed by atoms with E-state index in [2.05, 4.69) is 26.0 Å². The van der Waals surface area contributed by atoms with Gasteiger partial charge in [0.1, 0.15) is 4.83 Å². The molecule has 0 aromatic heterocycles. The summed E-state index contributed by atoms with van der Waals surface area (Å²) < 4.78 is 4.58. The summed E-state index contributed by atoms with van der Waals surface area (Å²) in [5.74, 6) is -0.673. The molecule has 1 N–H and O–H groups in total. The maximum absolute atomic E-state index is 12.1. The summed E-state index contributed by atoms with van der Waals surface area (Å²) in [6.45, 7) is 2.18. The van der Waals surface area contributed by atoms with Crippen LogP contribution in [0, 0.1) is 0 Å². The van der Waals surface area contributed by atoms with Gasteiger partial charge < -0.3 is 10.1 Å². The van der Waals surface area contributed by atoms with Gasteiger partial charge in [-0.05, 0) is 12.0 Å². The fourth-order valence-electron chi connectivity index (χ4n) is 1.78. The Morgan fingerprint density at radius 2 is 1.95 bits per heavy atom. The molecule has 0 heterocycles. The molecule has 1 amide bonds. The van der Waals surface area contributed by atoms with Crippen LogP contribution in [0.5, 0.6) is 0 Å². The van der Waals surface area contributed by atoms with E-state index in [1.165, 1.54) is 7.11 Å². The Kier molecular flexibility index (Phi) is 6.56. The van der Waals surface area contributed by atoms with Crippen molar-refractivity contribution in [2.45, 2.75) is 24.1 Å². The Morgan fingerprint density at radius 1 is 1.32 bits per heavy atom. The van der Waals surface area contributed by atoms with Gasteiger partial charge >= 0.3 is 5.97 Å². The maximum atomic E-state index is 12.1. The molecule has 1 aromatic carbocycles. The second kappa shape index (κ2) is 7.94. The van der Waals surface area contributed by atoms with Gasteiger partial charge in [0.2, 0.25) is 5.91 Å². The predicted molar refractivity (Wildman–Crippen MR) is 77.2 cm³/mol. The van der Waals surface area contributed by atoms with Gasteiger partial charge in [0, 0.05) is 6.54 Å². The summed E-state index contributed by atoms with van der Waals surface area (Å²) in [5.41, 5.74) is 0.978. The smallest absolute Gasteiger partial charge is 0.321 e. The number of benzene rings is 1. The third kappa shape index (κ3) is 4.67. The Labute approximate surface area is 121 Å². The molecular formula is C14H18BrNO3. The second-order valence-corrected chi connectivity index (χ2v) is 5.21. The first-order valence-electron chi connectivity index (χ1n) is 6.14. The zero-order valence-corrected chi connectivity index (χ0v) is 12.6. The van der Waals surface area contributed by atoms with Crippen molar-refractivity contribution in [3.05, 3.63) is 35.9 Å². The molecule has 104 valence electrons. The van der Waals surface area contributed by atoms with E-state index >= 15 is 0 Å². The highest BCUT2D eigenvalue weighted by atomic mass is 79.9. The molecule has 0 fully saturated rings. The lowest BCUT2D eigenvalue weighted by molar-refractivity contribution is -0.139. The van der Waals surface area contributed by atoms with Crippen LogP contribution in [0.2, 0.25) is 0 Å². The predicted octanol–water partition coefficient (Wildman–Crippen LogP) is 2.23. The molecule has 0 aliphatic carbocycles. The fraction of sp³-hybridized carbons (Fsp3) is 0.429. The zero-order chi connectivity index (χ0) is 14.3. The van der Waals surface area contributed by atoms with Crippen molar-refractivity contribution >= 4 is 27.8 Å². The summed E-state index contributed by atoms with van der Waals surface area (Å²) in [4.78, 5) is 22.8. The summed E-state index contributed by atoms with van der Waals surface area (Å²) in [7, 11) is 1.32. The number of carbonyl (C=O) groups is 2. The Bertz CT molecular complexity index is 422. The Balaban J connectivity index is 2.59. The van der Waals surface area contributed by atoms with Crippen LogP contribution in [-0.2, 0) is 14.3 Å². The van der Waals surface area contributed by atoms with E-state index in [4.69, 9.17) is 0 Å². The number of alkyl halides is 1. The van der Waals surface area contributed by atoms with Crippen LogP contribution in [0.3, 0.4) is 0 Å². The molecule has 2 unspecified atom stereocenters. The molecule has 1 aromatic rings. The lowest BCUT2D eigenvalue weighted by atomic mass is 9.96. The second-order valence-electron chi connectivity index (χ2n) is 4.11. The average Bonchev–Trinajstić information content (AvgIpc) is 2.45. The summed E-state index contributed by atoms with van der Waals surface area (Å²) in [6.07, 6.45) is 0.709. The molecule has 2 atom stereocenters. The number of ether oxygens (including phenoxy) is 1. The van der Waals surface area contributed by atoms with E-state index in [-0.39, 0.29) is 18.4 Å². The van der Waals surface area contributed by atoms with Crippen molar-refractivity contribution in [1.82, 2.24) is 5.32 Å². The minimum absolute atomic E-state index is 0.0814. The summed E-state index contributed by atoms with van der Waals surface area (Å²) in [6, 6.07) is 9.60. The molecule has 19 heavy (non-hydrogen) atoms. The standard InChI is InChI=1S/C14H18BrNO3/c1-3-11(10-7-5-4-6-8-10)13(17)16-9-12(15)14(18)19-2/h4-8,11-12H,3,9H2,1-2H3,(H,16,17). The highest BCUT2D eigenvalue weighted by Crippen LogP contribution is 2.19. The molecule has 1 rings (SSSR count). The van der Waals surface area contributed by atoms with Crippen LogP contribution in [0.25, 0.3) is 0 Å². The molecular weight excluding hydrogens is 310 g/mol. The molecule has 0 spiro atoms. The van der Waals surface area contributed by atoms with E-state index in [1.807, 2.05) is 37.3 Å². The van der Waals surface area contributed by atoms with Crippen LogP contribution in [0.15, 0.2) is 30.3 Å². The van der Waals surface area contributed by atoms with Crippen LogP contribution >= 0.6 is 15.9 Å². The first-order chi connectivity index (χ1) is 9.10. The monoisotopic (exact) mass is 327 g/mol. The van der Waals surface area contributed by atoms with Gasteiger partial charge in [-0.15, -0.1) is 0 Å². The summed E-state index contributed by atoms with van der Waals surface area (Å²) in [5, 5.41) is 2.76. The number of nitrogens with one attached hydrogen (secondary N) is 1. The molecule has 0 radical (unpaired) electrons. The lowest BCUT2D eigenvalue weighted by Crippen LogP contribution is -2.36. The number of halogens is 1. The SMILES string of the molecule is CCC(C(=O)NCC(Br)C(=O)OC)c1ccccc1. The van der Waals surface area contributed by atoms with Crippen LogP contribution < -0.4 is 5.32 Å². The van der Waals surface area contributed by atoms with Crippen molar-refractivity contribution in [2.24, 2.45) is 0 Å². The highest BCUT2D eigenvalue weighted by Gasteiger charge is 2.21. The van der Waals surface area contributed by atoms with Crippen molar-refractivity contribution in [2.75, 3.05) is 13.7 Å². The number of rotatable bonds is 6. The number of amides is 1. The van der Waals surface area contributed by atoms with E-state index in [9.17, 15) is 9.59 Å². The Morgan fingerprint density at radius 3 is 2.47 bits per heavy atom. The van der Waals surface area contributed by atoms with Crippen molar-refractivity contribution in [1.29, 1.82) is 0 Å². The number of esters is 1. The maximum Gasteiger partial charge on any atom is 0.321 e. The minimum Gasteiger partial charge on any atom is -0.468 e. The lowest BCUT2D eigenvalue weighted by Gasteiger charge is -2.16. The van der Waals surface area contributed by atoms with E-state index in [0.717, 1.165) is 5.56 Å². The van der Waals surface area contributed by atoms with Gasteiger partial charge in [-0.25, -0.2) is 0 Å². The quantitative estimate of drug-likeness (QED) is 0.644. The average molecular weight is 328 g/mol. The van der Waals surface area contributed by atoms with Gasteiger partial charge in [-0.1, -0.05) is 53.2 Å². The number of carbonyl (C=O) groups excluding carboxylic acids is 2. The normalized spacial score (nSPS) is 13.4. The van der Waals surface area contributed by atoms with Gasteiger partial charge in [0.25, 0.3) is 0 Å². The van der Waals surface area contributed by atoms with Gasteiger partial charge in [0.05, 0.1) is 13.0 Å². The van der Waals surface area contributed by atoms with Crippen LogP contribution in [0.1, 0.15) is 24.8 Å². The molecule has 0 aliphatic heterocycles. The van der Waals surface area contributed by atoms with E-state index < -0.39 is 10.8 Å². The van der Waals surface area contributed by atoms with E-state index in [1.54, 1.807) is 0 Å². The van der Waals surface area contributed by atoms with Crippen LogP contribution in [0.4, 0.5) is 0 Å². The minimum atomic E-state index is -0.519.